The summed E-state index contributed by atoms with van der Waals surface area (Å²) in [6.07, 6.45) is 1.52. The molecule has 0 atom stereocenters. The Kier molecular flexibility index (Phi) is 7.68. The van der Waals surface area contributed by atoms with E-state index in [1.165, 1.54) is 12.3 Å². The Morgan fingerprint density at radius 3 is 2.61 bits per heavy atom. The molecule has 1 heterocycles. The van der Waals surface area contributed by atoms with Crippen molar-refractivity contribution in [3.8, 4) is 28.8 Å². The van der Waals surface area contributed by atoms with Gasteiger partial charge in [0, 0.05) is 11.1 Å². The maximum atomic E-state index is 13.9. The molecule has 1 aromatic heterocycles. The maximum absolute atomic E-state index is 13.9. The summed E-state index contributed by atoms with van der Waals surface area (Å²) >= 11 is 0. The van der Waals surface area contributed by atoms with Gasteiger partial charge < -0.3 is 9.47 Å². The van der Waals surface area contributed by atoms with Crippen LogP contribution < -0.4 is 20.5 Å². The smallest absolute Gasteiger partial charge is 0.270 e. The molecule has 0 aliphatic carbocycles. The van der Waals surface area contributed by atoms with Gasteiger partial charge >= 0.3 is 0 Å². The van der Waals surface area contributed by atoms with Gasteiger partial charge in [0.25, 0.3) is 5.56 Å². The van der Waals surface area contributed by atoms with Gasteiger partial charge in [-0.05, 0) is 36.8 Å². The summed E-state index contributed by atoms with van der Waals surface area (Å²) in [5.74, 6) is 0.698. The third-order valence-electron chi connectivity index (χ3n) is 5.07. The molecule has 0 bridgehead atoms. The second-order valence-electron chi connectivity index (χ2n) is 7.51. The van der Waals surface area contributed by atoms with E-state index in [1.807, 2.05) is 19.1 Å². The molecule has 0 saturated carbocycles. The summed E-state index contributed by atoms with van der Waals surface area (Å²) in [6, 6.07) is 22.5. The predicted molar refractivity (Wildman–Crippen MR) is 135 cm³/mol. The van der Waals surface area contributed by atoms with Gasteiger partial charge in [0.05, 0.1) is 18.5 Å². The lowest BCUT2D eigenvalue weighted by Gasteiger charge is -2.13. The number of hydrogen-bond donors (Lipinski definition) is 2. The van der Waals surface area contributed by atoms with Crippen molar-refractivity contribution in [3.05, 3.63) is 106 Å². The highest BCUT2D eigenvalue weighted by Crippen LogP contribution is 2.29. The predicted octanol–water partition coefficient (Wildman–Crippen LogP) is 4.87. The Morgan fingerprint density at radius 2 is 1.86 bits per heavy atom. The molecule has 0 unspecified atom stereocenters. The first-order chi connectivity index (χ1) is 17.6. The molecule has 36 heavy (non-hydrogen) atoms. The molecule has 0 radical (unpaired) electrons. The van der Waals surface area contributed by atoms with Gasteiger partial charge in [-0.15, -0.1) is 0 Å². The summed E-state index contributed by atoms with van der Waals surface area (Å²) in [5, 5.41) is 13.5. The normalized spacial score (nSPS) is 10.7. The number of nitrogens with zero attached hydrogens (tertiary/aromatic N) is 3. The topological polar surface area (TPSA) is 112 Å². The van der Waals surface area contributed by atoms with E-state index in [4.69, 9.17) is 9.47 Å². The van der Waals surface area contributed by atoms with Crippen LogP contribution in [0.3, 0.4) is 0 Å². The van der Waals surface area contributed by atoms with Crippen LogP contribution in [0.2, 0.25) is 0 Å². The van der Waals surface area contributed by atoms with Crippen molar-refractivity contribution in [1.29, 1.82) is 5.26 Å². The lowest BCUT2D eigenvalue weighted by Crippen LogP contribution is -2.16. The van der Waals surface area contributed by atoms with E-state index in [1.54, 1.807) is 60.7 Å². The first-order valence-corrected chi connectivity index (χ1v) is 11.1. The van der Waals surface area contributed by atoms with Gasteiger partial charge in [-0.1, -0.05) is 48.5 Å². The van der Waals surface area contributed by atoms with Crippen molar-refractivity contribution in [2.75, 3.05) is 12.0 Å². The molecule has 8 nitrogen and oxygen atoms in total. The second-order valence-corrected chi connectivity index (χ2v) is 7.51. The standard InChI is InChI=1S/C27H22FN5O3/c1-2-35-24-14-18(12-13-23(24)36-17-20-10-6-7-11-22(20)28)16-30-33-27-31-25(19-8-4-3-5-9-19)21(15-29)26(34)32-27/h3-14,16H,2,17H2,1H3,(H2,31,32,33,34). The maximum Gasteiger partial charge on any atom is 0.270 e. The number of aromatic nitrogens is 2. The highest BCUT2D eigenvalue weighted by Gasteiger charge is 2.13. The minimum atomic E-state index is -0.570. The number of hydrazone groups is 1. The second kappa shape index (κ2) is 11.4. The monoisotopic (exact) mass is 483 g/mol. The molecule has 4 aromatic rings. The Morgan fingerprint density at radius 1 is 1.08 bits per heavy atom. The SMILES string of the molecule is CCOc1cc(C=NNc2nc(-c3ccccc3)c(C#N)c(=O)[nH]2)ccc1OCc1ccccc1F. The fraction of sp³-hybridized carbons (Fsp3) is 0.111. The summed E-state index contributed by atoms with van der Waals surface area (Å²) in [4.78, 5) is 19.2. The van der Waals surface area contributed by atoms with Crippen LogP contribution in [0.15, 0.2) is 82.7 Å². The average molecular weight is 484 g/mol. The van der Waals surface area contributed by atoms with E-state index in [9.17, 15) is 14.4 Å². The first kappa shape index (κ1) is 24.2. The van der Waals surface area contributed by atoms with Crippen molar-refractivity contribution < 1.29 is 13.9 Å². The highest BCUT2D eigenvalue weighted by atomic mass is 19.1. The molecule has 9 heteroatoms. The number of rotatable bonds is 9. The fourth-order valence-electron chi connectivity index (χ4n) is 3.37. The van der Waals surface area contributed by atoms with Crippen LogP contribution in [0.4, 0.5) is 10.3 Å². The van der Waals surface area contributed by atoms with E-state index in [2.05, 4.69) is 20.5 Å². The van der Waals surface area contributed by atoms with Crippen molar-refractivity contribution in [2.24, 2.45) is 5.10 Å². The molecule has 180 valence electrons. The van der Waals surface area contributed by atoms with E-state index in [0.29, 0.717) is 34.8 Å². The number of ether oxygens (including phenoxy) is 2. The molecule has 4 rings (SSSR count). The number of benzene rings is 3. The zero-order chi connectivity index (χ0) is 25.3. The number of anilines is 1. The number of aromatic amines is 1. The van der Waals surface area contributed by atoms with E-state index >= 15 is 0 Å². The number of H-pyrrole nitrogens is 1. The van der Waals surface area contributed by atoms with E-state index < -0.39 is 5.56 Å². The van der Waals surface area contributed by atoms with Crippen LogP contribution in [-0.2, 0) is 6.61 Å². The fourth-order valence-corrected chi connectivity index (χ4v) is 3.37. The molecule has 0 saturated heterocycles. The minimum Gasteiger partial charge on any atom is -0.490 e. The zero-order valence-electron chi connectivity index (χ0n) is 19.4. The van der Waals surface area contributed by atoms with Crippen LogP contribution in [0, 0.1) is 17.1 Å². The van der Waals surface area contributed by atoms with Gasteiger partial charge in [-0.3, -0.25) is 9.78 Å². The number of nitriles is 1. The molecular weight excluding hydrogens is 461 g/mol. The van der Waals surface area contributed by atoms with E-state index in [-0.39, 0.29) is 29.6 Å². The first-order valence-electron chi connectivity index (χ1n) is 11.1. The van der Waals surface area contributed by atoms with E-state index in [0.717, 1.165) is 0 Å². The van der Waals surface area contributed by atoms with Gasteiger partial charge in [0.2, 0.25) is 5.95 Å². The van der Waals surface area contributed by atoms with Gasteiger partial charge in [0.1, 0.15) is 24.1 Å². The largest absolute Gasteiger partial charge is 0.490 e. The Labute approximate surface area is 206 Å². The van der Waals surface area contributed by atoms with Gasteiger partial charge in [0.15, 0.2) is 11.5 Å². The minimum absolute atomic E-state index is 0.0587. The van der Waals surface area contributed by atoms with Crippen molar-refractivity contribution >= 4 is 12.2 Å². The molecule has 3 aromatic carbocycles. The van der Waals surface area contributed by atoms with Crippen molar-refractivity contribution in [2.45, 2.75) is 13.5 Å². The molecule has 0 amide bonds. The molecule has 0 fully saturated rings. The Bertz CT molecular complexity index is 1480. The Balaban J connectivity index is 1.51. The summed E-state index contributed by atoms with van der Waals surface area (Å²) in [7, 11) is 0. The number of halogens is 1. The van der Waals surface area contributed by atoms with Crippen LogP contribution in [-0.4, -0.2) is 22.8 Å². The zero-order valence-corrected chi connectivity index (χ0v) is 19.4. The van der Waals surface area contributed by atoms with Crippen molar-refractivity contribution in [1.82, 2.24) is 9.97 Å². The lowest BCUT2D eigenvalue weighted by atomic mass is 10.1. The third-order valence-corrected chi connectivity index (χ3v) is 5.07. The Hall–Kier alpha value is -4.97. The molecule has 0 spiro atoms. The number of nitrogens with one attached hydrogen (secondary N) is 2. The highest BCUT2D eigenvalue weighted by molar-refractivity contribution is 5.81. The quantitative estimate of drug-likeness (QED) is 0.259. The van der Waals surface area contributed by atoms with Gasteiger partial charge in [-0.2, -0.15) is 10.4 Å². The van der Waals surface area contributed by atoms with Crippen LogP contribution >= 0.6 is 0 Å². The summed E-state index contributed by atoms with van der Waals surface area (Å²) in [5.41, 5.74) is 4.06. The van der Waals surface area contributed by atoms with Crippen molar-refractivity contribution in [3.63, 3.8) is 0 Å². The summed E-state index contributed by atoms with van der Waals surface area (Å²) < 4.78 is 25.3. The molecule has 0 aliphatic heterocycles. The number of hydrogen-bond acceptors (Lipinski definition) is 7. The summed E-state index contributed by atoms with van der Waals surface area (Å²) in [6.45, 7) is 2.32. The average Bonchev–Trinajstić information content (AvgIpc) is 2.89. The molecule has 2 N–H and O–H groups in total. The third kappa shape index (κ3) is 5.74. The van der Waals surface area contributed by atoms with Crippen LogP contribution in [0.25, 0.3) is 11.3 Å². The molecular formula is C27H22FN5O3. The van der Waals surface area contributed by atoms with Crippen LogP contribution in [0.1, 0.15) is 23.6 Å². The lowest BCUT2D eigenvalue weighted by molar-refractivity contribution is 0.266. The van der Waals surface area contributed by atoms with Crippen LogP contribution in [0.5, 0.6) is 11.5 Å². The van der Waals surface area contributed by atoms with Gasteiger partial charge in [-0.25, -0.2) is 14.8 Å². The molecule has 0 aliphatic rings.